The first-order chi connectivity index (χ1) is 10.4. The highest BCUT2D eigenvalue weighted by molar-refractivity contribution is 7.85. The Morgan fingerprint density at radius 3 is 2.26 bits per heavy atom. The predicted molar refractivity (Wildman–Crippen MR) is 83.1 cm³/mol. The van der Waals surface area contributed by atoms with Gasteiger partial charge in [-0.3, -0.25) is 5.32 Å². The minimum absolute atomic E-state index is 0.0937. The van der Waals surface area contributed by atoms with Crippen molar-refractivity contribution >= 4 is 22.0 Å². The van der Waals surface area contributed by atoms with Crippen molar-refractivity contribution < 1.29 is 31.3 Å². The summed E-state index contributed by atoms with van der Waals surface area (Å²) in [6.45, 7) is 5.07. The third kappa shape index (κ3) is 6.31. The fourth-order valence-corrected chi connectivity index (χ4v) is 2.38. The lowest BCUT2D eigenvalue weighted by Gasteiger charge is -2.21. The number of halogens is 1. The van der Waals surface area contributed by atoms with Crippen LogP contribution in [-0.4, -0.2) is 34.3 Å². The quantitative estimate of drug-likeness (QED) is 0.822. The van der Waals surface area contributed by atoms with Crippen molar-refractivity contribution in [3.63, 3.8) is 0 Å². The van der Waals surface area contributed by atoms with Gasteiger partial charge in [0.2, 0.25) is 0 Å². The Morgan fingerprint density at radius 1 is 1.22 bits per heavy atom. The largest absolute Gasteiger partial charge is 0.493 e. The Bertz CT molecular complexity index is 681. The Hall–Kier alpha value is -2.03. The normalized spacial score (nSPS) is 11.7. The molecule has 1 aromatic carbocycles. The molecule has 0 fully saturated rings. The van der Waals surface area contributed by atoms with Crippen molar-refractivity contribution in [2.75, 3.05) is 19.5 Å². The summed E-state index contributed by atoms with van der Waals surface area (Å²) in [5, 5.41) is 2.44. The number of rotatable bonds is 5. The summed E-state index contributed by atoms with van der Waals surface area (Å²) in [5.41, 5.74) is -0.516. The third-order valence-corrected chi connectivity index (χ3v) is 3.19. The highest BCUT2D eigenvalue weighted by Crippen LogP contribution is 2.37. The number of hydrogen-bond donors (Lipinski definition) is 1. The van der Waals surface area contributed by atoms with Crippen molar-refractivity contribution in [1.82, 2.24) is 0 Å². The van der Waals surface area contributed by atoms with Crippen LogP contribution in [0.2, 0.25) is 0 Å². The molecular formula is C14H20FNO6S. The molecule has 0 saturated carbocycles. The van der Waals surface area contributed by atoms with Gasteiger partial charge < -0.3 is 14.2 Å². The van der Waals surface area contributed by atoms with Gasteiger partial charge in [-0.1, -0.05) is 0 Å². The molecule has 130 valence electrons. The Balaban J connectivity index is 3.21. The first-order valence-corrected chi connectivity index (χ1v) is 8.17. The number of nitrogens with one attached hydrogen (secondary N) is 1. The summed E-state index contributed by atoms with van der Waals surface area (Å²) in [6, 6.07) is 2.60. The maximum Gasteiger partial charge on any atom is 0.412 e. The molecule has 7 nitrogen and oxygen atoms in total. The van der Waals surface area contributed by atoms with Crippen molar-refractivity contribution in [3.05, 3.63) is 17.7 Å². The molecule has 0 spiro atoms. The zero-order valence-electron chi connectivity index (χ0n) is 13.6. The molecular weight excluding hydrogens is 329 g/mol. The van der Waals surface area contributed by atoms with Crippen LogP contribution < -0.4 is 14.8 Å². The smallest absolute Gasteiger partial charge is 0.412 e. The van der Waals surface area contributed by atoms with Gasteiger partial charge >= 0.3 is 16.3 Å². The SMILES string of the molecule is COc1cc(CS(=O)(=O)F)cc(NC(=O)OC(C)(C)C)c1OC. The standard InChI is InChI=1S/C14H20FNO6S/c1-14(2,3)22-13(17)16-10-6-9(8-23(15,18)19)7-11(20-4)12(10)21-5/h6-7H,8H2,1-5H3,(H,16,17). The molecule has 0 aliphatic heterocycles. The third-order valence-electron chi connectivity index (χ3n) is 2.51. The zero-order valence-corrected chi connectivity index (χ0v) is 14.4. The Labute approximate surface area is 134 Å². The van der Waals surface area contributed by atoms with Gasteiger partial charge in [0.05, 0.1) is 19.9 Å². The number of carbonyl (C=O) groups is 1. The molecule has 9 heteroatoms. The van der Waals surface area contributed by atoms with Gasteiger partial charge in [0.15, 0.2) is 11.5 Å². The van der Waals surface area contributed by atoms with E-state index in [1.54, 1.807) is 20.8 Å². The van der Waals surface area contributed by atoms with Gasteiger partial charge in [-0.05, 0) is 38.5 Å². The highest BCUT2D eigenvalue weighted by atomic mass is 32.3. The van der Waals surface area contributed by atoms with Gasteiger partial charge in [-0.25, -0.2) is 4.79 Å². The average Bonchev–Trinajstić information content (AvgIpc) is 2.33. The lowest BCUT2D eigenvalue weighted by Crippen LogP contribution is -2.27. The van der Waals surface area contributed by atoms with E-state index in [1.165, 1.54) is 26.4 Å². The molecule has 0 atom stereocenters. The Kier molecular flexibility index (Phi) is 5.81. The summed E-state index contributed by atoms with van der Waals surface area (Å²) in [6.07, 6.45) is -0.766. The number of amides is 1. The number of ether oxygens (including phenoxy) is 3. The summed E-state index contributed by atoms with van der Waals surface area (Å²) in [7, 11) is -2.05. The lowest BCUT2D eigenvalue weighted by atomic mass is 10.2. The number of carbonyl (C=O) groups excluding carboxylic acids is 1. The monoisotopic (exact) mass is 349 g/mol. The maximum absolute atomic E-state index is 12.9. The number of benzene rings is 1. The minimum atomic E-state index is -4.74. The summed E-state index contributed by atoms with van der Waals surface area (Å²) in [5.74, 6) is -0.533. The molecule has 0 aliphatic rings. The summed E-state index contributed by atoms with van der Waals surface area (Å²) < 4.78 is 49.9. The molecule has 0 unspecified atom stereocenters. The van der Waals surface area contributed by atoms with Gasteiger partial charge in [0.25, 0.3) is 0 Å². The van der Waals surface area contributed by atoms with Crippen molar-refractivity contribution in [1.29, 1.82) is 0 Å². The number of methoxy groups -OCH3 is 2. The van der Waals surface area contributed by atoms with E-state index >= 15 is 0 Å². The van der Waals surface area contributed by atoms with E-state index in [1.807, 2.05) is 0 Å². The fraction of sp³-hybridized carbons (Fsp3) is 0.500. The van der Waals surface area contributed by atoms with Crippen LogP contribution in [0.1, 0.15) is 26.3 Å². The second-order valence-corrected chi connectivity index (χ2v) is 7.06. The molecule has 23 heavy (non-hydrogen) atoms. The second-order valence-electron chi connectivity index (χ2n) is 5.69. The molecule has 1 aromatic rings. The number of hydrogen-bond acceptors (Lipinski definition) is 6. The fourth-order valence-electron chi connectivity index (χ4n) is 1.81. The molecule has 0 bridgehead atoms. The van der Waals surface area contributed by atoms with Gasteiger partial charge in [0, 0.05) is 0 Å². The van der Waals surface area contributed by atoms with Crippen molar-refractivity contribution in [2.24, 2.45) is 0 Å². The zero-order chi connectivity index (χ0) is 17.8. The van der Waals surface area contributed by atoms with Crippen LogP contribution in [-0.2, 0) is 20.7 Å². The van der Waals surface area contributed by atoms with E-state index in [0.29, 0.717) is 0 Å². The number of anilines is 1. The van der Waals surface area contributed by atoms with E-state index in [9.17, 15) is 17.1 Å². The van der Waals surface area contributed by atoms with Crippen LogP contribution in [0.25, 0.3) is 0 Å². The average molecular weight is 349 g/mol. The molecule has 0 radical (unpaired) electrons. The van der Waals surface area contributed by atoms with Gasteiger partial charge in [-0.15, -0.1) is 3.89 Å². The van der Waals surface area contributed by atoms with E-state index in [0.717, 1.165) is 0 Å². The van der Waals surface area contributed by atoms with Crippen LogP contribution in [0.5, 0.6) is 11.5 Å². The molecule has 0 aliphatic carbocycles. The molecule has 0 saturated heterocycles. The van der Waals surface area contributed by atoms with Crippen molar-refractivity contribution in [3.8, 4) is 11.5 Å². The second kappa shape index (κ2) is 7.03. The molecule has 1 amide bonds. The van der Waals surface area contributed by atoms with Crippen LogP contribution in [0, 0.1) is 0 Å². The van der Waals surface area contributed by atoms with Crippen molar-refractivity contribution in [2.45, 2.75) is 32.1 Å². The van der Waals surface area contributed by atoms with E-state index in [2.05, 4.69) is 5.32 Å². The van der Waals surface area contributed by atoms with Crippen LogP contribution >= 0.6 is 0 Å². The lowest BCUT2D eigenvalue weighted by molar-refractivity contribution is 0.0635. The Morgan fingerprint density at radius 2 is 1.83 bits per heavy atom. The first kappa shape index (κ1) is 19.0. The van der Waals surface area contributed by atoms with Gasteiger partial charge in [0.1, 0.15) is 11.4 Å². The maximum atomic E-state index is 12.9. The van der Waals surface area contributed by atoms with E-state index < -0.39 is 27.7 Å². The highest BCUT2D eigenvalue weighted by Gasteiger charge is 2.21. The summed E-state index contributed by atoms with van der Waals surface area (Å²) in [4.78, 5) is 11.9. The summed E-state index contributed by atoms with van der Waals surface area (Å²) >= 11 is 0. The first-order valence-electron chi connectivity index (χ1n) is 6.62. The minimum Gasteiger partial charge on any atom is -0.493 e. The van der Waals surface area contributed by atoms with Crippen LogP contribution in [0.3, 0.4) is 0 Å². The predicted octanol–water partition coefficient (Wildman–Crippen LogP) is 2.85. The molecule has 0 aromatic heterocycles. The van der Waals surface area contributed by atoms with Gasteiger partial charge in [-0.2, -0.15) is 8.42 Å². The van der Waals surface area contributed by atoms with E-state index in [-0.39, 0.29) is 22.7 Å². The van der Waals surface area contributed by atoms with Crippen LogP contribution in [0.4, 0.5) is 14.4 Å². The molecule has 1 rings (SSSR count). The topological polar surface area (TPSA) is 90.9 Å². The van der Waals surface area contributed by atoms with Crippen LogP contribution in [0.15, 0.2) is 12.1 Å². The molecule has 1 N–H and O–H groups in total. The van der Waals surface area contributed by atoms with E-state index in [4.69, 9.17) is 14.2 Å². The molecule has 0 heterocycles.